The summed E-state index contributed by atoms with van der Waals surface area (Å²) in [5.41, 5.74) is 6.48. The molecule has 0 bridgehead atoms. The van der Waals surface area contributed by atoms with Gasteiger partial charge in [0.25, 0.3) is 5.91 Å². The van der Waals surface area contributed by atoms with Gasteiger partial charge < -0.3 is 15.8 Å². The molecule has 4 nitrogen and oxygen atoms in total. The van der Waals surface area contributed by atoms with Crippen LogP contribution in [0.2, 0.25) is 0 Å². The maximum atomic E-state index is 12.3. The highest BCUT2D eigenvalue weighted by Gasteiger charge is 2.25. The Morgan fingerprint density at radius 3 is 2.57 bits per heavy atom. The van der Waals surface area contributed by atoms with E-state index in [0.29, 0.717) is 25.3 Å². The molecule has 1 aromatic rings. The summed E-state index contributed by atoms with van der Waals surface area (Å²) in [5.74, 6) is 0.664. The summed E-state index contributed by atoms with van der Waals surface area (Å²) in [6.07, 6.45) is 2.86. The highest BCUT2D eigenvalue weighted by Crippen LogP contribution is 2.23. The zero-order valence-corrected chi connectivity index (χ0v) is 13.4. The monoisotopic (exact) mass is 292 g/mol. The molecule has 0 spiro atoms. The van der Waals surface area contributed by atoms with Gasteiger partial charge in [0.2, 0.25) is 0 Å². The summed E-state index contributed by atoms with van der Waals surface area (Å²) in [6.45, 7) is 8.13. The van der Waals surface area contributed by atoms with E-state index in [-0.39, 0.29) is 11.3 Å². The summed E-state index contributed by atoms with van der Waals surface area (Å²) in [4.78, 5) is 12.3. The van der Waals surface area contributed by atoms with Crippen molar-refractivity contribution in [2.45, 2.75) is 40.0 Å². The van der Waals surface area contributed by atoms with Crippen LogP contribution in [0.25, 0.3) is 0 Å². The van der Waals surface area contributed by atoms with Crippen LogP contribution in [0.1, 0.15) is 50.4 Å². The molecule has 0 saturated heterocycles. The Bertz CT molecular complexity index is 434. The van der Waals surface area contributed by atoms with Crippen molar-refractivity contribution in [3.05, 3.63) is 29.8 Å². The van der Waals surface area contributed by atoms with Gasteiger partial charge in [-0.25, -0.2) is 0 Å². The van der Waals surface area contributed by atoms with E-state index in [9.17, 15) is 4.79 Å². The molecular formula is C17H28N2O2. The predicted molar refractivity (Wildman–Crippen MR) is 86.6 cm³/mol. The van der Waals surface area contributed by atoms with Crippen molar-refractivity contribution >= 4 is 5.91 Å². The van der Waals surface area contributed by atoms with Gasteiger partial charge in [0.05, 0.1) is 6.61 Å². The lowest BCUT2D eigenvalue weighted by atomic mass is 9.82. The van der Waals surface area contributed by atoms with E-state index in [1.54, 1.807) is 12.1 Å². The summed E-state index contributed by atoms with van der Waals surface area (Å²) in [7, 11) is 0. The molecule has 0 aromatic heterocycles. The van der Waals surface area contributed by atoms with Crippen LogP contribution >= 0.6 is 0 Å². The third-order valence-electron chi connectivity index (χ3n) is 4.13. The van der Waals surface area contributed by atoms with E-state index >= 15 is 0 Å². The maximum Gasteiger partial charge on any atom is 0.251 e. The Morgan fingerprint density at radius 1 is 1.29 bits per heavy atom. The number of hydrogen-bond acceptors (Lipinski definition) is 3. The van der Waals surface area contributed by atoms with Crippen molar-refractivity contribution < 1.29 is 9.53 Å². The van der Waals surface area contributed by atoms with Crippen molar-refractivity contribution in [1.29, 1.82) is 0 Å². The molecule has 0 heterocycles. The third-order valence-corrected chi connectivity index (χ3v) is 4.13. The third kappa shape index (κ3) is 5.05. The van der Waals surface area contributed by atoms with Gasteiger partial charge in [-0.2, -0.15) is 0 Å². The molecule has 3 N–H and O–H groups in total. The zero-order chi connectivity index (χ0) is 15.7. The standard InChI is InChI=1S/C17H28N2O2/c1-4-10-21-15-9-7-8-14(11-15)16(20)19-13-17(5-2,6-3)12-18/h7-9,11H,4-6,10,12-13,18H2,1-3H3,(H,19,20). The molecular weight excluding hydrogens is 264 g/mol. The fraction of sp³-hybridized carbons (Fsp3) is 0.588. The smallest absolute Gasteiger partial charge is 0.251 e. The van der Waals surface area contributed by atoms with Crippen molar-refractivity contribution in [1.82, 2.24) is 5.32 Å². The van der Waals surface area contributed by atoms with Crippen LogP contribution in [0.3, 0.4) is 0 Å². The molecule has 1 rings (SSSR count). The van der Waals surface area contributed by atoms with Crippen LogP contribution in [0.15, 0.2) is 24.3 Å². The Morgan fingerprint density at radius 2 is 2.00 bits per heavy atom. The summed E-state index contributed by atoms with van der Waals surface area (Å²) in [6, 6.07) is 7.30. The number of hydrogen-bond donors (Lipinski definition) is 2. The molecule has 0 aliphatic heterocycles. The van der Waals surface area contributed by atoms with Crippen LogP contribution in [-0.4, -0.2) is 25.6 Å². The van der Waals surface area contributed by atoms with Crippen LogP contribution < -0.4 is 15.8 Å². The van der Waals surface area contributed by atoms with Gasteiger partial charge in [-0.15, -0.1) is 0 Å². The minimum atomic E-state index is -0.0725. The van der Waals surface area contributed by atoms with Gasteiger partial charge in [-0.3, -0.25) is 4.79 Å². The number of rotatable bonds is 9. The molecule has 1 amide bonds. The quantitative estimate of drug-likeness (QED) is 0.735. The van der Waals surface area contributed by atoms with Crippen LogP contribution in [0.5, 0.6) is 5.75 Å². The molecule has 0 unspecified atom stereocenters. The van der Waals surface area contributed by atoms with Gasteiger partial charge in [0, 0.05) is 12.1 Å². The maximum absolute atomic E-state index is 12.3. The molecule has 0 fully saturated rings. The minimum Gasteiger partial charge on any atom is -0.494 e. The predicted octanol–water partition coefficient (Wildman–Crippen LogP) is 2.97. The molecule has 1 aromatic carbocycles. The fourth-order valence-corrected chi connectivity index (χ4v) is 2.18. The van der Waals surface area contributed by atoms with Gasteiger partial charge >= 0.3 is 0 Å². The van der Waals surface area contributed by atoms with Crippen molar-refractivity contribution in [2.24, 2.45) is 11.1 Å². The Kier molecular flexibility index (Phi) is 7.23. The van der Waals surface area contributed by atoms with E-state index in [0.717, 1.165) is 25.0 Å². The second-order valence-corrected chi connectivity index (χ2v) is 5.47. The Hall–Kier alpha value is -1.55. The molecule has 0 aliphatic rings. The zero-order valence-electron chi connectivity index (χ0n) is 13.4. The van der Waals surface area contributed by atoms with Gasteiger partial charge in [-0.1, -0.05) is 26.8 Å². The Labute approximate surface area is 128 Å². The summed E-state index contributed by atoms with van der Waals surface area (Å²) >= 11 is 0. The van der Waals surface area contributed by atoms with Crippen molar-refractivity contribution in [3.63, 3.8) is 0 Å². The first-order valence-electron chi connectivity index (χ1n) is 7.82. The molecule has 21 heavy (non-hydrogen) atoms. The number of nitrogens with one attached hydrogen (secondary N) is 1. The van der Waals surface area contributed by atoms with E-state index in [1.807, 2.05) is 12.1 Å². The van der Waals surface area contributed by atoms with Crippen LogP contribution in [0, 0.1) is 5.41 Å². The normalized spacial score (nSPS) is 11.2. The second-order valence-electron chi connectivity index (χ2n) is 5.47. The molecule has 4 heteroatoms. The Balaban J connectivity index is 2.67. The first-order valence-corrected chi connectivity index (χ1v) is 7.82. The molecule has 0 atom stereocenters. The molecule has 0 radical (unpaired) electrons. The number of carbonyl (C=O) groups excluding carboxylic acids is 1. The van der Waals surface area contributed by atoms with E-state index in [1.165, 1.54) is 0 Å². The highest BCUT2D eigenvalue weighted by atomic mass is 16.5. The number of ether oxygens (including phenoxy) is 1. The average molecular weight is 292 g/mol. The lowest BCUT2D eigenvalue weighted by molar-refractivity contribution is 0.0927. The van der Waals surface area contributed by atoms with Crippen LogP contribution in [0.4, 0.5) is 0 Å². The molecule has 0 aliphatic carbocycles. The number of carbonyl (C=O) groups is 1. The first-order chi connectivity index (χ1) is 10.1. The minimum absolute atomic E-state index is 0.00796. The lowest BCUT2D eigenvalue weighted by Gasteiger charge is -2.30. The second kappa shape index (κ2) is 8.67. The highest BCUT2D eigenvalue weighted by molar-refractivity contribution is 5.94. The number of amides is 1. The van der Waals surface area contributed by atoms with E-state index in [4.69, 9.17) is 10.5 Å². The first kappa shape index (κ1) is 17.5. The van der Waals surface area contributed by atoms with E-state index < -0.39 is 0 Å². The number of nitrogens with two attached hydrogens (primary N) is 1. The van der Waals surface area contributed by atoms with Crippen LogP contribution in [-0.2, 0) is 0 Å². The number of benzene rings is 1. The topological polar surface area (TPSA) is 64.3 Å². The lowest BCUT2D eigenvalue weighted by Crippen LogP contribution is -2.41. The summed E-state index contributed by atoms with van der Waals surface area (Å²) in [5, 5.41) is 3.00. The van der Waals surface area contributed by atoms with Gasteiger partial charge in [0.1, 0.15) is 5.75 Å². The fourth-order valence-electron chi connectivity index (χ4n) is 2.18. The van der Waals surface area contributed by atoms with Crippen molar-refractivity contribution in [3.8, 4) is 5.75 Å². The SMILES string of the molecule is CCCOc1cccc(C(=O)NCC(CC)(CC)CN)c1. The van der Waals surface area contributed by atoms with Gasteiger partial charge in [0.15, 0.2) is 0 Å². The molecule has 118 valence electrons. The van der Waals surface area contributed by atoms with Gasteiger partial charge in [-0.05, 0) is 49.4 Å². The summed E-state index contributed by atoms with van der Waals surface area (Å²) < 4.78 is 5.55. The van der Waals surface area contributed by atoms with E-state index in [2.05, 4.69) is 26.1 Å². The van der Waals surface area contributed by atoms with Crippen molar-refractivity contribution in [2.75, 3.05) is 19.7 Å². The average Bonchev–Trinajstić information content (AvgIpc) is 2.54. The largest absolute Gasteiger partial charge is 0.494 e. The molecule has 0 saturated carbocycles.